The smallest absolute Gasteiger partial charge is 0.410 e. The number of carbonyl (C=O) groups excluding carboxylic acids is 1. The molecule has 0 aliphatic carbocycles. The highest BCUT2D eigenvalue weighted by atomic mass is 19.3. The fourth-order valence-corrected chi connectivity index (χ4v) is 3.38. The van der Waals surface area contributed by atoms with Crippen molar-refractivity contribution in [3.8, 4) is 0 Å². The molecule has 0 bridgehead atoms. The van der Waals surface area contributed by atoms with Crippen molar-refractivity contribution in [3.63, 3.8) is 0 Å². The highest BCUT2D eigenvalue weighted by Gasteiger charge is 2.43. The molecule has 1 atom stereocenters. The normalized spacial score (nSPS) is 18.9. The third kappa shape index (κ3) is 4.83. The minimum atomic E-state index is -2.82. The third-order valence-corrected chi connectivity index (χ3v) is 4.74. The van der Waals surface area contributed by atoms with E-state index in [9.17, 15) is 13.6 Å². The Balaban J connectivity index is 1.80. The van der Waals surface area contributed by atoms with Gasteiger partial charge in [0.25, 0.3) is 5.92 Å². The summed E-state index contributed by atoms with van der Waals surface area (Å²) in [5.41, 5.74) is 2.32. The summed E-state index contributed by atoms with van der Waals surface area (Å²) in [4.78, 5) is 14.1. The zero-order valence-corrected chi connectivity index (χ0v) is 15.2. The number of carbonyl (C=O) groups is 1. The summed E-state index contributed by atoms with van der Waals surface area (Å²) in [6, 6.07) is 15.8. The number of nitrogens with zero attached hydrogens (tertiary/aromatic N) is 1. The molecule has 1 aliphatic rings. The molecule has 1 unspecified atom stereocenters. The van der Waals surface area contributed by atoms with Crippen molar-refractivity contribution in [2.45, 2.75) is 38.0 Å². The molecule has 4 nitrogen and oxygen atoms in total. The van der Waals surface area contributed by atoms with Gasteiger partial charge in [-0.2, -0.15) is 0 Å². The molecule has 0 saturated carbocycles. The van der Waals surface area contributed by atoms with Gasteiger partial charge in [-0.15, -0.1) is 0 Å². The molecular formula is C21H23F2NO3. The molecule has 144 valence electrons. The second kappa shape index (κ2) is 8.48. The maximum Gasteiger partial charge on any atom is 0.410 e. The van der Waals surface area contributed by atoms with Crippen LogP contribution in [0, 0.1) is 0 Å². The Labute approximate surface area is 157 Å². The van der Waals surface area contributed by atoms with Gasteiger partial charge in [0.15, 0.2) is 0 Å². The maximum atomic E-state index is 14.1. The first kappa shape index (κ1) is 19.3. The van der Waals surface area contributed by atoms with Crippen LogP contribution < -0.4 is 0 Å². The van der Waals surface area contributed by atoms with Crippen LogP contribution in [-0.2, 0) is 22.7 Å². The van der Waals surface area contributed by atoms with E-state index in [0.717, 1.165) is 11.1 Å². The van der Waals surface area contributed by atoms with Crippen LogP contribution in [0.15, 0.2) is 54.6 Å². The number of amides is 1. The van der Waals surface area contributed by atoms with E-state index in [1.165, 1.54) is 4.90 Å². The van der Waals surface area contributed by atoms with Crippen molar-refractivity contribution in [2.75, 3.05) is 13.7 Å². The Morgan fingerprint density at radius 1 is 1.11 bits per heavy atom. The summed E-state index contributed by atoms with van der Waals surface area (Å²) in [5, 5.41) is 0. The average Bonchev–Trinajstić information content (AvgIpc) is 2.67. The summed E-state index contributed by atoms with van der Waals surface area (Å²) >= 11 is 0. The predicted molar refractivity (Wildman–Crippen MR) is 97.4 cm³/mol. The van der Waals surface area contributed by atoms with Gasteiger partial charge in [0.05, 0.1) is 12.6 Å². The zero-order chi connectivity index (χ0) is 19.3. The molecule has 27 heavy (non-hydrogen) atoms. The molecule has 0 spiro atoms. The van der Waals surface area contributed by atoms with Crippen LogP contribution in [0.3, 0.4) is 0 Å². The Morgan fingerprint density at radius 3 is 2.56 bits per heavy atom. The summed E-state index contributed by atoms with van der Waals surface area (Å²) < 4.78 is 38.9. The molecule has 6 heteroatoms. The van der Waals surface area contributed by atoms with E-state index in [4.69, 9.17) is 9.47 Å². The fourth-order valence-electron chi connectivity index (χ4n) is 3.38. The summed E-state index contributed by atoms with van der Waals surface area (Å²) in [7, 11) is 1.55. The zero-order valence-electron chi connectivity index (χ0n) is 15.2. The molecule has 2 aromatic carbocycles. The van der Waals surface area contributed by atoms with Crippen LogP contribution >= 0.6 is 0 Å². The average molecular weight is 375 g/mol. The minimum Gasteiger partial charge on any atom is -0.445 e. The molecular weight excluding hydrogens is 352 g/mol. The lowest BCUT2D eigenvalue weighted by atomic mass is 9.90. The first-order valence-electron chi connectivity index (χ1n) is 8.92. The maximum absolute atomic E-state index is 14.1. The Morgan fingerprint density at radius 2 is 1.81 bits per heavy atom. The molecule has 0 radical (unpaired) electrons. The largest absolute Gasteiger partial charge is 0.445 e. The van der Waals surface area contributed by atoms with E-state index in [1.807, 2.05) is 42.5 Å². The number of halogens is 2. The molecule has 2 aromatic rings. The lowest BCUT2D eigenvalue weighted by molar-refractivity contribution is -0.0756. The highest BCUT2D eigenvalue weighted by molar-refractivity contribution is 5.68. The number of ether oxygens (including phenoxy) is 2. The summed E-state index contributed by atoms with van der Waals surface area (Å²) in [6.07, 6.45) is -1.36. The van der Waals surface area contributed by atoms with Gasteiger partial charge in [0, 0.05) is 26.5 Å². The number of alkyl halides is 2. The Hall–Kier alpha value is -2.47. The highest BCUT2D eigenvalue weighted by Crippen LogP contribution is 2.41. The standard InChI is InChI=1S/C21H23F2NO3/c1-26-15-17-9-5-6-10-18(17)19-13-21(22,23)11-12-24(19)20(25)27-14-16-7-3-2-4-8-16/h2-10,19H,11-15H2,1H3. The topological polar surface area (TPSA) is 38.8 Å². The number of rotatable bonds is 5. The van der Waals surface area contributed by atoms with E-state index in [-0.39, 0.29) is 19.6 Å². The first-order valence-corrected chi connectivity index (χ1v) is 8.92. The molecule has 1 aliphatic heterocycles. The second-order valence-corrected chi connectivity index (χ2v) is 6.69. The predicted octanol–water partition coefficient (Wildman–Crippen LogP) is 4.94. The molecule has 3 rings (SSSR count). The van der Waals surface area contributed by atoms with Crippen molar-refractivity contribution in [1.29, 1.82) is 0 Å². The van der Waals surface area contributed by atoms with Crippen molar-refractivity contribution in [2.24, 2.45) is 0 Å². The lowest BCUT2D eigenvalue weighted by Gasteiger charge is -2.39. The Kier molecular flexibility index (Phi) is 6.06. The van der Waals surface area contributed by atoms with Gasteiger partial charge in [0.1, 0.15) is 6.61 Å². The SMILES string of the molecule is COCc1ccccc1C1CC(F)(F)CCN1C(=O)OCc1ccccc1. The van der Waals surface area contributed by atoms with Crippen molar-refractivity contribution < 1.29 is 23.0 Å². The number of likely N-dealkylation sites (tertiary alicyclic amines) is 1. The number of piperidine rings is 1. The third-order valence-electron chi connectivity index (χ3n) is 4.74. The van der Waals surface area contributed by atoms with Crippen LogP contribution in [0.1, 0.15) is 35.6 Å². The van der Waals surface area contributed by atoms with Gasteiger partial charge >= 0.3 is 6.09 Å². The van der Waals surface area contributed by atoms with E-state index >= 15 is 0 Å². The van der Waals surface area contributed by atoms with Crippen LogP contribution in [0.25, 0.3) is 0 Å². The van der Waals surface area contributed by atoms with Gasteiger partial charge in [-0.3, -0.25) is 0 Å². The van der Waals surface area contributed by atoms with Gasteiger partial charge in [-0.1, -0.05) is 54.6 Å². The number of methoxy groups -OCH3 is 1. The molecule has 0 N–H and O–H groups in total. The van der Waals surface area contributed by atoms with Crippen molar-refractivity contribution >= 4 is 6.09 Å². The monoisotopic (exact) mass is 375 g/mol. The minimum absolute atomic E-state index is 0.0490. The van der Waals surface area contributed by atoms with E-state index in [0.29, 0.717) is 12.2 Å². The van der Waals surface area contributed by atoms with Crippen LogP contribution in [0.4, 0.5) is 13.6 Å². The van der Waals surface area contributed by atoms with Gasteiger partial charge in [-0.25, -0.2) is 13.6 Å². The molecule has 0 aromatic heterocycles. The molecule has 1 amide bonds. The first-order chi connectivity index (χ1) is 13.0. The van der Waals surface area contributed by atoms with E-state index in [2.05, 4.69) is 0 Å². The Bertz CT molecular complexity index is 767. The second-order valence-electron chi connectivity index (χ2n) is 6.69. The van der Waals surface area contributed by atoms with E-state index in [1.54, 1.807) is 19.2 Å². The summed E-state index contributed by atoms with van der Waals surface area (Å²) in [6.45, 7) is 0.358. The number of hydrogen-bond donors (Lipinski definition) is 0. The van der Waals surface area contributed by atoms with Crippen LogP contribution in [-0.4, -0.2) is 30.6 Å². The van der Waals surface area contributed by atoms with Crippen molar-refractivity contribution in [1.82, 2.24) is 4.90 Å². The van der Waals surface area contributed by atoms with Crippen LogP contribution in [0.5, 0.6) is 0 Å². The quantitative estimate of drug-likeness (QED) is 0.743. The molecule has 1 fully saturated rings. The van der Waals surface area contributed by atoms with Gasteiger partial charge in [0.2, 0.25) is 0 Å². The van der Waals surface area contributed by atoms with E-state index < -0.39 is 24.5 Å². The molecule has 1 saturated heterocycles. The van der Waals surface area contributed by atoms with Crippen molar-refractivity contribution in [3.05, 3.63) is 71.3 Å². The van der Waals surface area contributed by atoms with Crippen LogP contribution in [0.2, 0.25) is 0 Å². The molecule has 1 heterocycles. The number of benzene rings is 2. The summed E-state index contributed by atoms with van der Waals surface area (Å²) in [5.74, 6) is -2.82. The number of hydrogen-bond acceptors (Lipinski definition) is 3. The van der Waals surface area contributed by atoms with Gasteiger partial charge in [-0.05, 0) is 16.7 Å². The van der Waals surface area contributed by atoms with Gasteiger partial charge < -0.3 is 14.4 Å². The fraction of sp³-hybridized carbons (Fsp3) is 0.381. The lowest BCUT2D eigenvalue weighted by Crippen LogP contribution is -2.45.